The van der Waals surface area contributed by atoms with Crippen LogP contribution in [0.5, 0.6) is 0 Å². The third-order valence-electron chi connectivity index (χ3n) is 5.44. The van der Waals surface area contributed by atoms with E-state index < -0.39 is 5.41 Å². The van der Waals surface area contributed by atoms with Gasteiger partial charge in [-0.1, -0.05) is 37.3 Å². The van der Waals surface area contributed by atoms with Gasteiger partial charge >= 0.3 is 0 Å². The molecule has 2 aromatic rings. The highest BCUT2D eigenvalue weighted by Crippen LogP contribution is 2.37. The molecule has 0 spiro atoms. The third-order valence-corrected chi connectivity index (χ3v) is 5.44. The molecule has 26 heavy (non-hydrogen) atoms. The van der Waals surface area contributed by atoms with Crippen molar-refractivity contribution in [3.05, 3.63) is 54.4 Å². The summed E-state index contributed by atoms with van der Waals surface area (Å²) in [7, 11) is 0. The number of carbonyl (C=O) groups excluding carboxylic acids is 1. The van der Waals surface area contributed by atoms with Crippen LogP contribution in [0, 0.1) is 5.41 Å². The number of carbonyl (C=O) groups is 1. The fourth-order valence-electron chi connectivity index (χ4n) is 3.57. The van der Waals surface area contributed by atoms with E-state index in [0.717, 1.165) is 36.8 Å². The lowest BCUT2D eigenvalue weighted by molar-refractivity contribution is -0.137. The summed E-state index contributed by atoms with van der Waals surface area (Å²) < 4.78 is 5.57. The molecular formula is C22H28N2O2. The number of pyridine rings is 1. The number of nitrogens with zero attached hydrogens (tertiary/aromatic N) is 1. The summed E-state index contributed by atoms with van der Waals surface area (Å²) in [6.45, 7) is 5.44. The van der Waals surface area contributed by atoms with Gasteiger partial charge in [-0.05, 0) is 49.8 Å². The van der Waals surface area contributed by atoms with E-state index in [4.69, 9.17) is 4.74 Å². The summed E-state index contributed by atoms with van der Waals surface area (Å²) in [5.74, 6) is 0.163. The van der Waals surface area contributed by atoms with Crippen molar-refractivity contribution in [3.8, 4) is 11.1 Å². The zero-order valence-electron chi connectivity index (χ0n) is 15.7. The van der Waals surface area contributed by atoms with Crippen LogP contribution in [0.3, 0.4) is 0 Å². The zero-order valence-corrected chi connectivity index (χ0v) is 15.7. The zero-order chi connectivity index (χ0) is 18.4. The first-order valence-electron chi connectivity index (χ1n) is 9.51. The largest absolute Gasteiger partial charge is 0.381 e. The number of aromatic nitrogens is 1. The lowest BCUT2D eigenvalue weighted by atomic mass is 9.73. The Bertz CT molecular complexity index is 724. The third kappa shape index (κ3) is 4.13. The van der Waals surface area contributed by atoms with Crippen molar-refractivity contribution < 1.29 is 9.53 Å². The van der Waals surface area contributed by atoms with Crippen LogP contribution in [0.1, 0.15) is 38.7 Å². The van der Waals surface area contributed by atoms with Gasteiger partial charge in [0, 0.05) is 37.2 Å². The molecule has 0 bridgehead atoms. The molecule has 1 fully saturated rings. The van der Waals surface area contributed by atoms with Gasteiger partial charge in [-0.25, -0.2) is 0 Å². The molecule has 4 heteroatoms. The fraction of sp³-hybridized carbons (Fsp3) is 0.455. The first-order chi connectivity index (χ1) is 12.6. The molecule has 1 N–H and O–H groups in total. The smallest absolute Gasteiger partial charge is 0.226 e. The Morgan fingerprint density at radius 2 is 2.00 bits per heavy atom. The second-order valence-electron chi connectivity index (χ2n) is 7.25. The monoisotopic (exact) mass is 352 g/mol. The quantitative estimate of drug-likeness (QED) is 0.855. The van der Waals surface area contributed by atoms with Crippen molar-refractivity contribution >= 4 is 5.91 Å². The summed E-state index contributed by atoms with van der Waals surface area (Å²) in [4.78, 5) is 17.4. The minimum atomic E-state index is -0.403. The molecule has 1 aromatic heterocycles. The summed E-state index contributed by atoms with van der Waals surface area (Å²) in [6.07, 6.45) is 6.85. The van der Waals surface area contributed by atoms with Crippen LogP contribution < -0.4 is 5.32 Å². The van der Waals surface area contributed by atoms with Crippen LogP contribution in [0.2, 0.25) is 0 Å². The Kier molecular flexibility index (Phi) is 6.04. The first-order valence-corrected chi connectivity index (χ1v) is 9.51. The van der Waals surface area contributed by atoms with E-state index in [2.05, 4.69) is 48.4 Å². The number of hydrogen-bond donors (Lipinski definition) is 1. The minimum Gasteiger partial charge on any atom is -0.381 e. The topological polar surface area (TPSA) is 51.2 Å². The van der Waals surface area contributed by atoms with Gasteiger partial charge in [-0.2, -0.15) is 0 Å². The molecule has 1 aliphatic rings. The van der Waals surface area contributed by atoms with Crippen molar-refractivity contribution in [2.24, 2.45) is 5.41 Å². The predicted molar refractivity (Wildman–Crippen MR) is 104 cm³/mol. The number of nitrogens with one attached hydrogen (secondary N) is 1. The lowest BCUT2D eigenvalue weighted by Crippen LogP contribution is -2.48. The molecule has 0 radical (unpaired) electrons. The molecule has 1 atom stereocenters. The van der Waals surface area contributed by atoms with E-state index in [9.17, 15) is 4.79 Å². The van der Waals surface area contributed by atoms with Gasteiger partial charge in [0.15, 0.2) is 0 Å². The second kappa shape index (κ2) is 8.45. The molecule has 1 aliphatic heterocycles. The normalized spacial score (nSPS) is 17.5. The standard InChI is InChI=1S/C22H28N2O2/c1-3-17(2)24-21(25)22(10-13-26-14-11-22)15-18-7-4-5-9-20(18)19-8-6-12-23-16-19/h4-9,12,16-17H,3,10-11,13-15H2,1-2H3,(H,24,25)/t17-/m0/s1. The van der Waals surface area contributed by atoms with E-state index in [-0.39, 0.29) is 11.9 Å². The van der Waals surface area contributed by atoms with Gasteiger partial charge in [0.25, 0.3) is 0 Å². The minimum absolute atomic E-state index is 0.163. The Morgan fingerprint density at radius 1 is 1.23 bits per heavy atom. The number of amides is 1. The maximum Gasteiger partial charge on any atom is 0.226 e. The summed E-state index contributed by atoms with van der Waals surface area (Å²) >= 11 is 0. The molecule has 2 heterocycles. The Morgan fingerprint density at radius 3 is 2.69 bits per heavy atom. The van der Waals surface area contributed by atoms with E-state index in [1.165, 1.54) is 5.56 Å². The summed E-state index contributed by atoms with van der Waals surface area (Å²) in [5, 5.41) is 3.21. The van der Waals surface area contributed by atoms with Crippen LogP contribution in [0.15, 0.2) is 48.8 Å². The number of hydrogen-bond acceptors (Lipinski definition) is 3. The molecule has 1 saturated heterocycles. The average molecular weight is 352 g/mol. The van der Waals surface area contributed by atoms with Crippen LogP contribution in [-0.4, -0.2) is 30.1 Å². The van der Waals surface area contributed by atoms with Gasteiger partial charge in [0.1, 0.15) is 0 Å². The molecule has 3 rings (SSSR count). The van der Waals surface area contributed by atoms with Gasteiger partial charge < -0.3 is 10.1 Å². The average Bonchev–Trinajstić information content (AvgIpc) is 2.69. The second-order valence-corrected chi connectivity index (χ2v) is 7.25. The number of ether oxygens (including phenoxy) is 1. The van der Waals surface area contributed by atoms with Crippen molar-refractivity contribution in [1.82, 2.24) is 10.3 Å². The Labute approximate surface area is 156 Å². The van der Waals surface area contributed by atoms with Crippen molar-refractivity contribution in [1.29, 1.82) is 0 Å². The van der Waals surface area contributed by atoms with Gasteiger partial charge in [0.05, 0.1) is 5.41 Å². The Balaban J connectivity index is 1.92. The van der Waals surface area contributed by atoms with E-state index in [1.807, 2.05) is 18.3 Å². The summed E-state index contributed by atoms with van der Waals surface area (Å²) in [5.41, 5.74) is 3.04. The van der Waals surface area contributed by atoms with Crippen LogP contribution in [0.25, 0.3) is 11.1 Å². The molecule has 1 amide bonds. The SMILES string of the molecule is CC[C@H](C)NC(=O)C1(Cc2ccccc2-c2cccnc2)CCOCC1. The maximum atomic E-state index is 13.2. The van der Waals surface area contributed by atoms with Gasteiger partial charge in [-0.3, -0.25) is 9.78 Å². The fourth-order valence-corrected chi connectivity index (χ4v) is 3.57. The van der Waals surface area contributed by atoms with Crippen molar-refractivity contribution in [2.45, 2.75) is 45.6 Å². The maximum absolute atomic E-state index is 13.2. The summed E-state index contributed by atoms with van der Waals surface area (Å²) in [6, 6.07) is 12.6. The van der Waals surface area contributed by atoms with E-state index in [1.54, 1.807) is 6.20 Å². The number of benzene rings is 1. The van der Waals surface area contributed by atoms with Crippen molar-refractivity contribution in [2.75, 3.05) is 13.2 Å². The van der Waals surface area contributed by atoms with Gasteiger partial charge in [0.2, 0.25) is 5.91 Å². The van der Waals surface area contributed by atoms with Crippen LogP contribution in [0.4, 0.5) is 0 Å². The highest BCUT2D eigenvalue weighted by molar-refractivity contribution is 5.84. The molecule has 0 unspecified atom stereocenters. The molecular weight excluding hydrogens is 324 g/mol. The lowest BCUT2D eigenvalue weighted by Gasteiger charge is -2.37. The number of rotatable bonds is 6. The first kappa shape index (κ1) is 18.6. The highest BCUT2D eigenvalue weighted by Gasteiger charge is 2.40. The molecule has 138 valence electrons. The predicted octanol–water partition coefficient (Wildman–Crippen LogP) is 4.00. The molecule has 0 aliphatic carbocycles. The molecule has 4 nitrogen and oxygen atoms in total. The Hall–Kier alpha value is -2.20. The van der Waals surface area contributed by atoms with Crippen LogP contribution >= 0.6 is 0 Å². The molecule has 0 saturated carbocycles. The van der Waals surface area contributed by atoms with E-state index in [0.29, 0.717) is 13.2 Å². The highest BCUT2D eigenvalue weighted by atomic mass is 16.5. The molecule has 1 aromatic carbocycles. The van der Waals surface area contributed by atoms with Gasteiger partial charge in [-0.15, -0.1) is 0 Å². The van der Waals surface area contributed by atoms with Crippen molar-refractivity contribution in [3.63, 3.8) is 0 Å². The van der Waals surface area contributed by atoms with Crippen LogP contribution in [-0.2, 0) is 16.0 Å². The van der Waals surface area contributed by atoms with E-state index >= 15 is 0 Å².